The Balaban J connectivity index is 0.901. The van der Waals surface area contributed by atoms with Crippen molar-refractivity contribution in [3.63, 3.8) is 0 Å². The summed E-state index contributed by atoms with van der Waals surface area (Å²) in [6.45, 7) is 6.63. The minimum absolute atomic E-state index is 0.219. The van der Waals surface area contributed by atoms with E-state index < -0.39 is 5.91 Å². The largest absolute Gasteiger partial charge is 0.385 e. The van der Waals surface area contributed by atoms with E-state index in [9.17, 15) is 14.4 Å². The van der Waals surface area contributed by atoms with Gasteiger partial charge in [-0.3, -0.25) is 24.6 Å². The van der Waals surface area contributed by atoms with Crippen LogP contribution in [-0.2, 0) is 16.0 Å². The summed E-state index contributed by atoms with van der Waals surface area (Å²) in [5.74, 6) is -0.694. The molecular weight excluding hydrogens is 656 g/mol. The second kappa shape index (κ2) is 13.1. The summed E-state index contributed by atoms with van der Waals surface area (Å²) in [5.41, 5.74) is 12.8. The number of fused-ring (bicyclic) bond motifs is 2. The fourth-order valence-corrected chi connectivity index (χ4v) is 8.50. The van der Waals surface area contributed by atoms with Crippen LogP contribution in [0.3, 0.4) is 0 Å². The Bertz CT molecular complexity index is 1980. The third-order valence-electron chi connectivity index (χ3n) is 10.9. The monoisotopic (exact) mass is 696 g/mol. The van der Waals surface area contributed by atoms with E-state index in [0.717, 1.165) is 93.5 Å². The van der Waals surface area contributed by atoms with Crippen LogP contribution in [0, 0.1) is 0 Å². The number of nitrogens with zero attached hydrogens (tertiary/aromatic N) is 7. The zero-order valence-corrected chi connectivity index (χ0v) is 28.8. The van der Waals surface area contributed by atoms with Gasteiger partial charge in [-0.1, -0.05) is 23.7 Å². The van der Waals surface area contributed by atoms with Crippen molar-refractivity contribution >= 4 is 63.5 Å². The Morgan fingerprint density at radius 2 is 1.72 bits per heavy atom. The van der Waals surface area contributed by atoms with Crippen molar-refractivity contribution in [1.29, 1.82) is 0 Å². The summed E-state index contributed by atoms with van der Waals surface area (Å²) in [6.07, 6.45) is 5.43. The molecule has 0 aliphatic carbocycles. The van der Waals surface area contributed by atoms with Gasteiger partial charge < -0.3 is 25.8 Å². The second-order valence-corrected chi connectivity index (χ2v) is 13.9. The Labute approximate surface area is 295 Å². The van der Waals surface area contributed by atoms with Crippen LogP contribution in [0.5, 0.6) is 0 Å². The third kappa shape index (κ3) is 5.77. The van der Waals surface area contributed by atoms with Crippen LogP contribution >= 0.6 is 11.6 Å². The van der Waals surface area contributed by atoms with Gasteiger partial charge in [0.15, 0.2) is 11.5 Å². The normalized spacial score (nSPS) is 20.4. The Morgan fingerprint density at radius 3 is 2.44 bits per heavy atom. The fourth-order valence-electron chi connectivity index (χ4n) is 8.19. The van der Waals surface area contributed by atoms with Gasteiger partial charge in [-0.15, -0.1) is 5.10 Å². The molecule has 50 heavy (non-hydrogen) atoms. The highest BCUT2D eigenvalue weighted by Crippen LogP contribution is 2.41. The molecule has 4 aromatic rings. The molecule has 260 valence electrons. The Hall–Kier alpha value is -4.88. The van der Waals surface area contributed by atoms with Gasteiger partial charge in [0.2, 0.25) is 11.8 Å². The van der Waals surface area contributed by atoms with Gasteiger partial charge in [0.05, 0.1) is 17.8 Å². The number of benzene rings is 2. The predicted octanol–water partition coefficient (Wildman–Crippen LogP) is 3.53. The molecule has 3 fully saturated rings. The molecule has 0 radical (unpaired) electrons. The van der Waals surface area contributed by atoms with Gasteiger partial charge in [-0.2, -0.15) is 0 Å². The summed E-state index contributed by atoms with van der Waals surface area (Å²) >= 11 is 6.68. The zero-order chi connectivity index (χ0) is 34.5. The molecule has 1 unspecified atom stereocenters. The lowest BCUT2D eigenvalue weighted by Crippen LogP contribution is -2.53. The number of hydrogen-bond donors (Lipinski definition) is 3. The van der Waals surface area contributed by atoms with Crippen LogP contribution in [0.15, 0.2) is 48.7 Å². The number of rotatable bonds is 7. The van der Waals surface area contributed by atoms with E-state index in [-0.39, 0.29) is 23.4 Å². The highest BCUT2D eigenvalue weighted by molar-refractivity contribution is 6.32. The zero-order valence-electron chi connectivity index (χ0n) is 28.1. The van der Waals surface area contributed by atoms with Crippen LogP contribution in [0.2, 0.25) is 5.02 Å². The number of amides is 3. The first-order valence-corrected chi connectivity index (χ1v) is 17.8. The van der Waals surface area contributed by atoms with Crippen molar-refractivity contribution in [2.75, 3.05) is 72.9 Å². The third-order valence-corrected chi connectivity index (χ3v) is 11.2. The molecule has 2 aromatic heterocycles. The van der Waals surface area contributed by atoms with Crippen LogP contribution in [0.25, 0.3) is 5.65 Å². The van der Waals surface area contributed by atoms with Gasteiger partial charge in [-0.05, 0) is 55.5 Å². The molecule has 0 saturated carbocycles. The number of piperidine rings is 2. The number of nitrogens with one attached hydrogen (secondary N) is 2. The minimum Gasteiger partial charge on any atom is -0.385 e. The molecule has 3 saturated heterocycles. The average molecular weight is 697 g/mol. The smallest absolute Gasteiger partial charge is 0.269 e. The van der Waals surface area contributed by atoms with Gasteiger partial charge in [0.1, 0.15) is 5.69 Å². The highest BCUT2D eigenvalue weighted by Gasteiger charge is 2.33. The molecule has 4 aliphatic rings. The van der Waals surface area contributed by atoms with Gasteiger partial charge in [-0.25, -0.2) is 9.50 Å². The standard InChI is InChI=1S/C36H41ClN10O3/c1-39-28-20-32(42-47-31(34(38)49)21-40-35(28)47)46-14-11-26-29(3-2-4-30(26)46)45-12-9-22(10-13-45)43-15-17-44(18-16-43)23-5-6-24(27(37)19-23)25-7-8-33(48)41-36(25)50/h2-6,19-22,25,39H,7-18H2,1H3,(H2,38,49)(H,41,48,50). The van der Waals surface area contributed by atoms with Gasteiger partial charge in [0.25, 0.3) is 5.91 Å². The first kappa shape index (κ1) is 32.3. The molecule has 13 nitrogen and oxygen atoms in total. The van der Waals surface area contributed by atoms with E-state index in [0.29, 0.717) is 29.6 Å². The van der Waals surface area contributed by atoms with Gasteiger partial charge in [0, 0.05) is 99.0 Å². The number of imidazole rings is 1. The van der Waals surface area contributed by atoms with Crippen molar-refractivity contribution in [1.82, 2.24) is 24.8 Å². The van der Waals surface area contributed by atoms with Crippen molar-refractivity contribution in [3.05, 3.63) is 70.5 Å². The molecule has 2 aromatic carbocycles. The van der Waals surface area contributed by atoms with Crippen LogP contribution in [0.4, 0.5) is 28.6 Å². The topological polar surface area (TPSA) is 144 Å². The minimum atomic E-state index is -0.568. The van der Waals surface area contributed by atoms with Gasteiger partial charge >= 0.3 is 0 Å². The summed E-state index contributed by atoms with van der Waals surface area (Å²) in [7, 11) is 1.83. The lowest BCUT2D eigenvalue weighted by molar-refractivity contribution is -0.134. The number of imide groups is 1. The number of primary amides is 1. The number of carbonyl (C=O) groups excluding carboxylic acids is 3. The maximum absolute atomic E-state index is 12.4. The number of anilines is 5. The Morgan fingerprint density at radius 1 is 0.940 bits per heavy atom. The highest BCUT2D eigenvalue weighted by atomic mass is 35.5. The number of carbonyl (C=O) groups is 3. The Kier molecular flexibility index (Phi) is 8.47. The predicted molar refractivity (Wildman–Crippen MR) is 194 cm³/mol. The molecule has 14 heteroatoms. The molecule has 4 aliphatic heterocycles. The second-order valence-electron chi connectivity index (χ2n) is 13.5. The molecule has 4 N–H and O–H groups in total. The first-order valence-electron chi connectivity index (χ1n) is 17.4. The average Bonchev–Trinajstić information content (AvgIpc) is 3.77. The van der Waals surface area contributed by atoms with E-state index in [1.807, 2.05) is 25.2 Å². The molecule has 6 heterocycles. The first-order chi connectivity index (χ1) is 24.3. The molecule has 0 bridgehead atoms. The fraction of sp³-hybridized carbons (Fsp3) is 0.417. The van der Waals surface area contributed by atoms with E-state index in [4.69, 9.17) is 22.4 Å². The summed E-state index contributed by atoms with van der Waals surface area (Å²) < 4.78 is 1.53. The van der Waals surface area contributed by atoms with E-state index in [2.05, 4.69) is 59.5 Å². The van der Waals surface area contributed by atoms with E-state index in [1.165, 1.54) is 22.0 Å². The molecular formula is C36H41ClN10O3. The van der Waals surface area contributed by atoms with Crippen LogP contribution in [0.1, 0.15) is 53.2 Å². The van der Waals surface area contributed by atoms with Crippen LogP contribution in [-0.4, -0.2) is 96.1 Å². The van der Waals surface area contributed by atoms with Crippen molar-refractivity contribution < 1.29 is 14.4 Å². The van der Waals surface area contributed by atoms with E-state index >= 15 is 0 Å². The molecule has 8 rings (SSSR count). The summed E-state index contributed by atoms with van der Waals surface area (Å²) in [4.78, 5) is 50.2. The number of nitrogens with two attached hydrogens (primary N) is 1. The van der Waals surface area contributed by atoms with E-state index in [1.54, 1.807) is 0 Å². The number of halogens is 1. The number of piperazine rings is 1. The van der Waals surface area contributed by atoms with Crippen molar-refractivity contribution in [2.24, 2.45) is 5.73 Å². The van der Waals surface area contributed by atoms with Crippen LogP contribution < -0.4 is 31.1 Å². The summed E-state index contributed by atoms with van der Waals surface area (Å²) in [5, 5.41) is 11.0. The molecule has 3 amide bonds. The van der Waals surface area contributed by atoms with Crippen molar-refractivity contribution in [3.8, 4) is 0 Å². The quantitative estimate of drug-likeness (QED) is 0.246. The molecule has 0 spiro atoms. The SMILES string of the molecule is CNc1cc(N2CCc3c(N4CCC(N5CCN(c6ccc(C7CCC(=O)NC7=O)c(Cl)c6)CC5)CC4)cccc32)nn2c(C(N)=O)cnc12. The lowest BCUT2D eigenvalue weighted by Gasteiger charge is -2.44. The number of hydrogen-bond acceptors (Lipinski definition) is 10. The maximum atomic E-state index is 12.4. The summed E-state index contributed by atoms with van der Waals surface area (Å²) in [6, 6.07) is 15.0. The lowest BCUT2D eigenvalue weighted by atomic mass is 9.90. The number of aromatic nitrogens is 3. The maximum Gasteiger partial charge on any atom is 0.269 e. The van der Waals surface area contributed by atoms with Crippen molar-refractivity contribution in [2.45, 2.75) is 44.1 Å². The molecule has 1 atom stereocenters.